The van der Waals surface area contributed by atoms with Crippen LogP contribution in [0.15, 0.2) is 24.4 Å². The van der Waals surface area contributed by atoms with Crippen LogP contribution in [-0.4, -0.2) is 40.2 Å². The van der Waals surface area contributed by atoms with Gasteiger partial charge in [-0.2, -0.15) is 18.3 Å². The number of halogens is 5. The number of carbonyl (C=O) groups is 1. The molecule has 0 saturated carbocycles. The fourth-order valence-corrected chi connectivity index (χ4v) is 3.80. The van der Waals surface area contributed by atoms with Crippen molar-refractivity contribution in [1.82, 2.24) is 20.0 Å². The highest BCUT2D eigenvalue weighted by Gasteiger charge is 2.38. The van der Waals surface area contributed by atoms with Gasteiger partial charge < -0.3 is 10.2 Å². The maximum Gasteiger partial charge on any atom is 0.433 e. The first-order valence-corrected chi connectivity index (χ1v) is 10.2. The van der Waals surface area contributed by atoms with Crippen molar-refractivity contribution < 1.29 is 22.4 Å². The second kappa shape index (κ2) is 9.78. The van der Waals surface area contributed by atoms with Crippen LogP contribution in [-0.2, 0) is 30.5 Å². The van der Waals surface area contributed by atoms with Crippen LogP contribution in [0.2, 0.25) is 5.02 Å². The van der Waals surface area contributed by atoms with Gasteiger partial charge in [-0.1, -0.05) is 24.1 Å². The summed E-state index contributed by atoms with van der Waals surface area (Å²) >= 11 is 5.90. The zero-order valence-electron chi connectivity index (χ0n) is 16.3. The molecule has 1 saturated heterocycles. The second-order valence-electron chi connectivity index (χ2n) is 7.33. The number of alkyl halides is 3. The molecule has 0 atom stereocenters. The minimum atomic E-state index is -4.62. The molecule has 2 aromatic rings. The molecule has 10 heteroatoms. The first-order chi connectivity index (χ1) is 14.2. The number of likely N-dealkylation sites (tertiary alicyclic amines) is 1. The Morgan fingerprint density at radius 3 is 2.53 bits per heavy atom. The number of hydrogen-bond acceptors (Lipinski definition) is 3. The molecule has 0 aliphatic carbocycles. The SMILES string of the molecule is O=C(Cc1cnn(CCN2CCCCC2)c1C(F)(F)F)NCc1ccc(F)cc1Cl. The highest BCUT2D eigenvalue weighted by molar-refractivity contribution is 6.31. The minimum absolute atomic E-state index is 0.0115. The summed E-state index contributed by atoms with van der Waals surface area (Å²) in [7, 11) is 0. The molecular formula is C20H23ClF4N4O. The molecule has 1 fully saturated rings. The molecule has 1 amide bonds. The summed E-state index contributed by atoms with van der Waals surface area (Å²) < 4.78 is 54.9. The Hall–Kier alpha value is -2.13. The summed E-state index contributed by atoms with van der Waals surface area (Å²) in [5.41, 5.74) is -0.599. The zero-order chi connectivity index (χ0) is 21.7. The van der Waals surface area contributed by atoms with Crippen LogP contribution in [0.5, 0.6) is 0 Å². The lowest BCUT2D eigenvalue weighted by Gasteiger charge is -2.26. The van der Waals surface area contributed by atoms with Gasteiger partial charge in [-0.25, -0.2) is 4.39 Å². The van der Waals surface area contributed by atoms with Crippen molar-refractivity contribution in [2.24, 2.45) is 0 Å². The third-order valence-electron chi connectivity index (χ3n) is 5.10. The smallest absolute Gasteiger partial charge is 0.352 e. The van der Waals surface area contributed by atoms with Gasteiger partial charge in [-0.15, -0.1) is 0 Å². The number of aromatic nitrogens is 2. The lowest BCUT2D eigenvalue weighted by atomic mass is 10.1. The van der Waals surface area contributed by atoms with Crippen LogP contribution < -0.4 is 5.32 Å². The Kier molecular flexibility index (Phi) is 7.36. The molecule has 1 aromatic carbocycles. The van der Waals surface area contributed by atoms with Gasteiger partial charge in [-0.05, 0) is 43.6 Å². The molecule has 0 spiro atoms. The van der Waals surface area contributed by atoms with E-state index in [4.69, 9.17) is 11.6 Å². The van der Waals surface area contributed by atoms with E-state index in [2.05, 4.69) is 15.3 Å². The van der Waals surface area contributed by atoms with Crippen molar-refractivity contribution in [3.63, 3.8) is 0 Å². The van der Waals surface area contributed by atoms with E-state index in [1.165, 1.54) is 12.1 Å². The van der Waals surface area contributed by atoms with Gasteiger partial charge in [0.25, 0.3) is 0 Å². The number of carbonyl (C=O) groups excluding carboxylic acids is 1. The fraction of sp³-hybridized carbons (Fsp3) is 0.500. The number of nitrogens with one attached hydrogen (secondary N) is 1. The van der Waals surface area contributed by atoms with E-state index in [1.807, 2.05) is 0 Å². The summed E-state index contributed by atoms with van der Waals surface area (Å²) in [6.07, 6.45) is -0.729. The van der Waals surface area contributed by atoms with Gasteiger partial charge in [0, 0.05) is 23.7 Å². The third kappa shape index (κ3) is 5.95. The quantitative estimate of drug-likeness (QED) is 0.653. The molecule has 30 heavy (non-hydrogen) atoms. The molecule has 3 rings (SSSR count). The normalized spacial score (nSPS) is 15.4. The fourth-order valence-electron chi connectivity index (χ4n) is 3.56. The number of piperidine rings is 1. The van der Waals surface area contributed by atoms with Crippen molar-refractivity contribution in [1.29, 1.82) is 0 Å². The molecule has 1 N–H and O–H groups in total. The van der Waals surface area contributed by atoms with E-state index < -0.39 is 30.0 Å². The summed E-state index contributed by atoms with van der Waals surface area (Å²) in [4.78, 5) is 14.3. The molecule has 1 aliphatic heterocycles. The molecule has 5 nitrogen and oxygen atoms in total. The maximum atomic E-state index is 13.6. The standard InChI is InChI=1S/C20H23ClF4N4O/c21-17-11-16(22)5-4-14(17)12-26-18(30)10-15-13-27-29(19(15)20(23,24)25)9-8-28-6-2-1-3-7-28/h4-5,11,13H,1-3,6-10,12H2,(H,26,30). The van der Waals surface area contributed by atoms with E-state index in [1.54, 1.807) is 0 Å². The Morgan fingerprint density at radius 2 is 1.87 bits per heavy atom. The Balaban J connectivity index is 1.64. The lowest BCUT2D eigenvalue weighted by molar-refractivity contribution is -0.145. The number of nitrogens with zero attached hydrogens (tertiary/aromatic N) is 3. The summed E-state index contributed by atoms with van der Waals surface area (Å²) in [6, 6.07) is 3.72. The van der Waals surface area contributed by atoms with Gasteiger partial charge in [0.15, 0.2) is 0 Å². The first kappa shape index (κ1) is 22.6. The number of amides is 1. The summed E-state index contributed by atoms with van der Waals surface area (Å²) in [5.74, 6) is -1.11. The van der Waals surface area contributed by atoms with Gasteiger partial charge in [-0.3, -0.25) is 9.48 Å². The minimum Gasteiger partial charge on any atom is -0.352 e. The van der Waals surface area contributed by atoms with E-state index in [9.17, 15) is 22.4 Å². The first-order valence-electron chi connectivity index (χ1n) is 9.79. The summed E-state index contributed by atoms with van der Waals surface area (Å²) in [5, 5.41) is 6.55. The molecule has 0 unspecified atom stereocenters. The number of benzene rings is 1. The zero-order valence-corrected chi connectivity index (χ0v) is 17.1. The van der Waals surface area contributed by atoms with Crippen molar-refractivity contribution in [2.75, 3.05) is 19.6 Å². The third-order valence-corrected chi connectivity index (χ3v) is 5.45. The monoisotopic (exact) mass is 446 g/mol. The summed E-state index contributed by atoms with van der Waals surface area (Å²) in [6.45, 7) is 2.34. The highest BCUT2D eigenvalue weighted by atomic mass is 35.5. The van der Waals surface area contributed by atoms with Crippen LogP contribution in [0, 0.1) is 5.82 Å². The van der Waals surface area contributed by atoms with Crippen molar-refractivity contribution in [2.45, 2.75) is 44.9 Å². The van der Waals surface area contributed by atoms with Gasteiger partial charge in [0.1, 0.15) is 11.5 Å². The second-order valence-corrected chi connectivity index (χ2v) is 7.74. The largest absolute Gasteiger partial charge is 0.433 e. The number of rotatable bonds is 7. The average Bonchev–Trinajstić information content (AvgIpc) is 3.09. The van der Waals surface area contributed by atoms with Gasteiger partial charge in [0.05, 0.1) is 19.2 Å². The van der Waals surface area contributed by atoms with E-state index in [-0.39, 0.29) is 23.7 Å². The predicted octanol–water partition coefficient (Wildman–Crippen LogP) is 4.04. The van der Waals surface area contributed by atoms with Crippen LogP contribution in [0.1, 0.15) is 36.1 Å². The van der Waals surface area contributed by atoms with Crippen molar-refractivity contribution in [3.8, 4) is 0 Å². The van der Waals surface area contributed by atoms with Crippen LogP contribution in [0.4, 0.5) is 17.6 Å². The molecule has 0 radical (unpaired) electrons. The van der Waals surface area contributed by atoms with Gasteiger partial charge >= 0.3 is 6.18 Å². The van der Waals surface area contributed by atoms with Gasteiger partial charge in [0.2, 0.25) is 5.91 Å². The molecule has 2 heterocycles. The van der Waals surface area contributed by atoms with E-state index >= 15 is 0 Å². The van der Waals surface area contributed by atoms with E-state index in [0.29, 0.717) is 12.1 Å². The Labute approximate surface area is 177 Å². The molecule has 1 aromatic heterocycles. The Bertz CT molecular complexity index is 878. The maximum absolute atomic E-state index is 13.6. The predicted molar refractivity (Wildman–Crippen MR) is 104 cm³/mol. The van der Waals surface area contributed by atoms with Crippen LogP contribution in [0.25, 0.3) is 0 Å². The van der Waals surface area contributed by atoms with Crippen molar-refractivity contribution >= 4 is 17.5 Å². The van der Waals surface area contributed by atoms with Crippen LogP contribution in [0.3, 0.4) is 0 Å². The number of hydrogen-bond donors (Lipinski definition) is 1. The molecule has 0 bridgehead atoms. The topological polar surface area (TPSA) is 50.2 Å². The molecule has 164 valence electrons. The highest BCUT2D eigenvalue weighted by Crippen LogP contribution is 2.32. The Morgan fingerprint density at radius 1 is 1.13 bits per heavy atom. The molecule has 1 aliphatic rings. The lowest BCUT2D eigenvalue weighted by Crippen LogP contribution is -2.33. The van der Waals surface area contributed by atoms with Crippen molar-refractivity contribution in [3.05, 3.63) is 52.1 Å². The molecular weight excluding hydrogens is 424 g/mol. The average molecular weight is 447 g/mol. The van der Waals surface area contributed by atoms with E-state index in [0.717, 1.165) is 49.3 Å². The van der Waals surface area contributed by atoms with Crippen LogP contribution >= 0.6 is 11.6 Å².